The van der Waals surface area contributed by atoms with E-state index in [1.165, 1.54) is 19.2 Å². The van der Waals surface area contributed by atoms with E-state index in [1.807, 2.05) is 0 Å². The highest BCUT2D eigenvalue weighted by Crippen LogP contribution is 2.29. The van der Waals surface area contributed by atoms with Gasteiger partial charge in [-0.25, -0.2) is 13.2 Å². The Balaban J connectivity index is 2.49. The summed E-state index contributed by atoms with van der Waals surface area (Å²) in [5.74, 6) is -2.33. The van der Waals surface area contributed by atoms with Gasteiger partial charge in [-0.15, -0.1) is 0 Å². The maximum atomic E-state index is 14.2. The van der Waals surface area contributed by atoms with Crippen molar-refractivity contribution in [1.29, 1.82) is 0 Å². The lowest BCUT2D eigenvalue weighted by atomic mass is 9.98. The molecule has 0 bridgehead atoms. The molecule has 2 aromatic rings. The highest BCUT2D eigenvalue weighted by atomic mass is 19.2. The van der Waals surface area contributed by atoms with Crippen LogP contribution in [-0.4, -0.2) is 14.2 Å². The standard InChI is InChI=1S/C15H14F3NO/c1-19-15(9-6-7-11(16)12(17)8-9)10-4-3-5-13(20-2)14(10)18/h3-8,15,19H,1-2H3. The molecule has 0 spiro atoms. The Hall–Kier alpha value is -2.01. The van der Waals surface area contributed by atoms with Gasteiger partial charge in [0.2, 0.25) is 0 Å². The SMILES string of the molecule is CNC(c1ccc(F)c(F)c1)c1cccc(OC)c1F. The van der Waals surface area contributed by atoms with Crippen molar-refractivity contribution >= 4 is 0 Å². The minimum Gasteiger partial charge on any atom is -0.494 e. The Morgan fingerprint density at radius 2 is 1.80 bits per heavy atom. The molecule has 1 unspecified atom stereocenters. The number of nitrogens with one attached hydrogen (secondary N) is 1. The lowest BCUT2D eigenvalue weighted by Gasteiger charge is -2.19. The van der Waals surface area contributed by atoms with E-state index in [9.17, 15) is 13.2 Å². The maximum absolute atomic E-state index is 14.2. The minimum absolute atomic E-state index is 0.102. The molecule has 0 heterocycles. The molecule has 1 atom stereocenters. The molecule has 2 nitrogen and oxygen atoms in total. The van der Waals surface area contributed by atoms with E-state index in [1.54, 1.807) is 19.2 Å². The van der Waals surface area contributed by atoms with Gasteiger partial charge >= 0.3 is 0 Å². The van der Waals surface area contributed by atoms with Crippen LogP contribution in [0.5, 0.6) is 5.75 Å². The van der Waals surface area contributed by atoms with E-state index in [2.05, 4.69) is 5.32 Å². The molecule has 0 amide bonds. The predicted molar refractivity (Wildman–Crippen MR) is 70.2 cm³/mol. The molecule has 0 fully saturated rings. The van der Waals surface area contributed by atoms with Crippen molar-refractivity contribution in [3.05, 3.63) is 65.0 Å². The molecule has 0 aromatic heterocycles. The van der Waals surface area contributed by atoms with Gasteiger partial charge in [-0.3, -0.25) is 0 Å². The summed E-state index contributed by atoms with van der Waals surface area (Å²) in [6.07, 6.45) is 0. The zero-order chi connectivity index (χ0) is 14.7. The Labute approximate surface area is 115 Å². The first-order valence-corrected chi connectivity index (χ1v) is 6.03. The summed E-state index contributed by atoms with van der Waals surface area (Å²) in [7, 11) is 2.99. The average Bonchev–Trinajstić information content (AvgIpc) is 2.45. The Morgan fingerprint density at radius 1 is 1.05 bits per heavy atom. The zero-order valence-electron chi connectivity index (χ0n) is 11.1. The van der Waals surface area contributed by atoms with Gasteiger partial charge in [-0.05, 0) is 30.8 Å². The summed E-state index contributed by atoms with van der Waals surface area (Å²) in [4.78, 5) is 0. The first kappa shape index (κ1) is 14.4. The fourth-order valence-electron chi connectivity index (χ4n) is 2.10. The smallest absolute Gasteiger partial charge is 0.170 e. The number of methoxy groups -OCH3 is 1. The topological polar surface area (TPSA) is 21.3 Å². The van der Waals surface area contributed by atoms with Crippen LogP contribution in [0.1, 0.15) is 17.2 Å². The highest BCUT2D eigenvalue weighted by molar-refractivity contribution is 5.38. The molecule has 106 valence electrons. The van der Waals surface area contributed by atoms with E-state index in [0.29, 0.717) is 11.1 Å². The maximum Gasteiger partial charge on any atom is 0.170 e. The lowest BCUT2D eigenvalue weighted by molar-refractivity contribution is 0.382. The molecule has 0 saturated carbocycles. The van der Waals surface area contributed by atoms with E-state index >= 15 is 0 Å². The molecule has 0 aliphatic heterocycles. The molecule has 0 saturated heterocycles. The zero-order valence-corrected chi connectivity index (χ0v) is 11.1. The Morgan fingerprint density at radius 3 is 2.40 bits per heavy atom. The summed E-state index contributed by atoms with van der Waals surface area (Å²) in [6.45, 7) is 0. The molecule has 0 aliphatic carbocycles. The minimum atomic E-state index is -0.967. The van der Waals surface area contributed by atoms with Crippen LogP contribution in [0.4, 0.5) is 13.2 Å². The van der Waals surface area contributed by atoms with Gasteiger partial charge in [0, 0.05) is 5.56 Å². The summed E-state index contributed by atoms with van der Waals surface area (Å²) in [5.41, 5.74) is 0.733. The fourth-order valence-corrected chi connectivity index (χ4v) is 2.10. The predicted octanol–water partition coefficient (Wildman–Crippen LogP) is 3.42. The third-order valence-electron chi connectivity index (χ3n) is 3.09. The van der Waals surface area contributed by atoms with Crippen LogP contribution in [0.3, 0.4) is 0 Å². The summed E-state index contributed by atoms with van der Waals surface area (Å²) in [6, 6.07) is 7.60. The third kappa shape index (κ3) is 2.63. The van der Waals surface area contributed by atoms with Gasteiger partial charge in [-0.1, -0.05) is 18.2 Å². The van der Waals surface area contributed by atoms with Crippen molar-refractivity contribution < 1.29 is 17.9 Å². The summed E-state index contributed by atoms with van der Waals surface area (Å²) >= 11 is 0. The number of benzene rings is 2. The van der Waals surface area contributed by atoms with Crippen molar-refractivity contribution in [2.24, 2.45) is 0 Å². The number of rotatable bonds is 4. The van der Waals surface area contributed by atoms with Gasteiger partial charge in [0.25, 0.3) is 0 Å². The van der Waals surface area contributed by atoms with Crippen LogP contribution in [0, 0.1) is 17.5 Å². The number of ether oxygens (including phenoxy) is 1. The second kappa shape index (κ2) is 5.96. The van der Waals surface area contributed by atoms with E-state index in [-0.39, 0.29) is 5.75 Å². The van der Waals surface area contributed by atoms with Crippen LogP contribution in [0.15, 0.2) is 36.4 Å². The highest BCUT2D eigenvalue weighted by Gasteiger charge is 2.19. The number of halogens is 3. The van der Waals surface area contributed by atoms with Crippen molar-refractivity contribution in [2.45, 2.75) is 6.04 Å². The first-order valence-electron chi connectivity index (χ1n) is 6.03. The molecule has 20 heavy (non-hydrogen) atoms. The van der Waals surface area contributed by atoms with Gasteiger partial charge in [0.05, 0.1) is 13.2 Å². The number of hydrogen-bond donors (Lipinski definition) is 1. The molecular formula is C15H14F3NO. The molecule has 0 radical (unpaired) electrons. The van der Waals surface area contributed by atoms with Crippen molar-refractivity contribution in [1.82, 2.24) is 5.32 Å². The third-order valence-corrected chi connectivity index (χ3v) is 3.09. The van der Waals surface area contributed by atoms with Crippen LogP contribution in [-0.2, 0) is 0 Å². The monoisotopic (exact) mass is 281 g/mol. The van der Waals surface area contributed by atoms with Crippen molar-refractivity contribution in [3.63, 3.8) is 0 Å². The normalized spacial score (nSPS) is 12.2. The molecular weight excluding hydrogens is 267 g/mol. The Kier molecular flexibility index (Phi) is 4.29. The van der Waals surface area contributed by atoms with Crippen LogP contribution in [0.25, 0.3) is 0 Å². The number of hydrogen-bond acceptors (Lipinski definition) is 2. The van der Waals surface area contributed by atoms with Crippen molar-refractivity contribution in [2.75, 3.05) is 14.2 Å². The molecule has 5 heteroatoms. The largest absolute Gasteiger partial charge is 0.494 e. The van der Waals surface area contributed by atoms with E-state index in [4.69, 9.17) is 4.74 Å². The van der Waals surface area contributed by atoms with Gasteiger partial charge in [0.1, 0.15) is 0 Å². The molecule has 1 N–H and O–H groups in total. The molecule has 2 rings (SSSR count). The second-order valence-corrected chi connectivity index (χ2v) is 4.26. The fraction of sp³-hybridized carbons (Fsp3) is 0.200. The summed E-state index contributed by atoms with van der Waals surface area (Å²) < 4.78 is 45.5. The van der Waals surface area contributed by atoms with Crippen LogP contribution in [0.2, 0.25) is 0 Å². The van der Waals surface area contributed by atoms with Crippen LogP contribution < -0.4 is 10.1 Å². The van der Waals surface area contributed by atoms with Crippen molar-refractivity contribution in [3.8, 4) is 5.75 Å². The summed E-state index contributed by atoms with van der Waals surface area (Å²) in [5, 5.41) is 2.89. The van der Waals surface area contributed by atoms with Crippen LogP contribution >= 0.6 is 0 Å². The molecule has 2 aromatic carbocycles. The van der Waals surface area contributed by atoms with Gasteiger partial charge < -0.3 is 10.1 Å². The first-order chi connectivity index (χ1) is 9.58. The average molecular weight is 281 g/mol. The van der Waals surface area contributed by atoms with E-state index in [0.717, 1.165) is 12.1 Å². The Bertz CT molecular complexity index is 616. The molecule has 0 aliphatic rings. The quantitative estimate of drug-likeness (QED) is 0.927. The second-order valence-electron chi connectivity index (χ2n) is 4.26. The van der Waals surface area contributed by atoms with Gasteiger partial charge in [0.15, 0.2) is 23.2 Å². The lowest BCUT2D eigenvalue weighted by Crippen LogP contribution is -2.19. The van der Waals surface area contributed by atoms with E-state index < -0.39 is 23.5 Å². The van der Waals surface area contributed by atoms with Gasteiger partial charge in [-0.2, -0.15) is 0 Å².